The van der Waals surface area contributed by atoms with Crippen LogP contribution in [-0.2, 0) is 4.79 Å². The fourth-order valence-corrected chi connectivity index (χ4v) is 3.45. The number of benzene rings is 2. The highest BCUT2D eigenvalue weighted by Gasteiger charge is 2.25. The van der Waals surface area contributed by atoms with Gasteiger partial charge in [0.2, 0.25) is 0 Å². The van der Waals surface area contributed by atoms with Gasteiger partial charge in [0.1, 0.15) is 17.1 Å². The number of ether oxygens (including phenoxy) is 1. The molecule has 1 aliphatic rings. The molecule has 0 radical (unpaired) electrons. The minimum Gasteiger partial charge on any atom is -0.494 e. The summed E-state index contributed by atoms with van der Waals surface area (Å²) in [6, 6.07) is 12.1. The summed E-state index contributed by atoms with van der Waals surface area (Å²) in [5.74, 6) is 0.287. The van der Waals surface area contributed by atoms with E-state index in [0.717, 1.165) is 0 Å². The fraction of sp³-hybridized carbons (Fsp3) is 0.158. The Kier molecular flexibility index (Phi) is 5.65. The number of amidine groups is 1. The second-order valence-corrected chi connectivity index (χ2v) is 7.08. The number of aliphatic imine (C=N–C) groups is 1. The monoisotopic (exact) mass is 398 g/mol. The van der Waals surface area contributed by atoms with Crippen LogP contribution in [0.2, 0.25) is 0 Å². The Labute approximate surface area is 166 Å². The first-order valence-electron chi connectivity index (χ1n) is 8.27. The number of carbonyl (C=O) groups excluding carboxylic acids is 1. The summed E-state index contributed by atoms with van der Waals surface area (Å²) in [6.07, 6.45) is 1.61. The third-order valence-corrected chi connectivity index (χ3v) is 4.84. The number of thioether (sulfide) groups is 1. The summed E-state index contributed by atoms with van der Waals surface area (Å²) in [5, 5.41) is 14.5. The summed E-state index contributed by atoms with van der Waals surface area (Å²) < 4.78 is 5.26. The van der Waals surface area contributed by atoms with Crippen molar-refractivity contribution < 1.29 is 14.5 Å². The Morgan fingerprint density at radius 2 is 2.00 bits per heavy atom. The molecule has 0 atom stereocenters. The molecule has 1 heterocycles. The van der Waals surface area contributed by atoms with Gasteiger partial charge in [-0.2, -0.15) is 0 Å². The number of nitro groups is 1. The van der Waals surface area contributed by atoms with Gasteiger partial charge in [0.15, 0.2) is 5.17 Å². The molecule has 1 fully saturated rings. The van der Waals surface area contributed by atoms with Gasteiger partial charge in [-0.15, -0.1) is 0 Å². The van der Waals surface area contributed by atoms with Gasteiger partial charge >= 0.3 is 0 Å². The Hall–Kier alpha value is -3.33. The Bertz CT molecular complexity index is 1000. The lowest BCUT2D eigenvalue weighted by Crippen LogP contribution is -2.19. The van der Waals surface area contributed by atoms with Crippen LogP contribution in [-0.4, -0.2) is 37.2 Å². The molecule has 0 bridgehead atoms. The molecule has 0 spiro atoms. The standard InChI is InChI=1S/C19H18N4O4S/c1-22(2)14-9-8-12(10-15(14)23(25)26)11-17-18(24)21-19(28-17)20-13-6-4-5-7-16(13)27-3/h4-11H,1-3H3,(H,20,21,24)/b17-11-. The number of methoxy groups -OCH3 is 1. The van der Waals surface area contributed by atoms with E-state index in [4.69, 9.17) is 4.74 Å². The SMILES string of the molecule is COc1ccccc1N=C1NC(=O)/C(=C/c2ccc(N(C)C)c([N+](=O)[O-])c2)S1. The van der Waals surface area contributed by atoms with Crippen molar-refractivity contribution in [3.05, 3.63) is 63.0 Å². The van der Waals surface area contributed by atoms with Crippen molar-refractivity contribution >= 4 is 46.0 Å². The maximum Gasteiger partial charge on any atom is 0.293 e. The van der Waals surface area contributed by atoms with Crippen LogP contribution >= 0.6 is 11.8 Å². The number of amides is 1. The minimum absolute atomic E-state index is 0.0225. The summed E-state index contributed by atoms with van der Waals surface area (Å²) in [6.45, 7) is 0. The average Bonchev–Trinajstić information content (AvgIpc) is 3.00. The zero-order chi connectivity index (χ0) is 20.3. The van der Waals surface area contributed by atoms with Crippen molar-refractivity contribution in [1.29, 1.82) is 0 Å². The molecule has 0 saturated carbocycles. The second kappa shape index (κ2) is 8.13. The molecule has 1 amide bonds. The van der Waals surface area contributed by atoms with Crippen LogP contribution in [0.3, 0.4) is 0 Å². The minimum atomic E-state index is -0.437. The highest BCUT2D eigenvalue weighted by molar-refractivity contribution is 8.18. The van der Waals surface area contributed by atoms with E-state index in [1.807, 2.05) is 12.1 Å². The third-order valence-electron chi connectivity index (χ3n) is 3.93. The normalized spacial score (nSPS) is 16.3. The molecule has 9 heteroatoms. The van der Waals surface area contributed by atoms with E-state index in [-0.39, 0.29) is 11.6 Å². The fourth-order valence-electron chi connectivity index (χ4n) is 2.62. The quantitative estimate of drug-likeness (QED) is 0.470. The second-order valence-electron chi connectivity index (χ2n) is 6.05. The number of para-hydroxylation sites is 2. The van der Waals surface area contributed by atoms with Crippen LogP contribution in [0, 0.1) is 10.1 Å². The van der Waals surface area contributed by atoms with Crippen molar-refractivity contribution in [2.45, 2.75) is 0 Å². The largest absolute Gasteiger partial charge is 0.494 e. The Morgan fingerprint density at radius 1 is 1.25 bits per heavy atom. The number of nitro benzene ring substituents is 1. The molecule has 8 nitrogen and oxygen atoms in total. The van der Waals surface area contributed by atoms with Gasteiger partial charge in [0.05, 0.1) is 16.9 Å². The topological polar surface area (TPSA) is 97.1 Å². The zero-order valence-corrected chi connectivity index (χ0v) is 16.3. The van der Waals surface area contributed by atoms with E-state index >= 15 is 0 Å². The predicted molar refractivity (Wildman–Crippen MR) is 111 cm³/mol. The number of hydrogen-bond acceptors (Lipinski definition) is 7. The van der Waals surface area contributed by atoms with Gasteiger partial charge in [-0.05, 0) is 41.6 Å². The lowest BCUT2D eigenvalue weighted by molar-refractivity contribution is -0.384. The van der Waals surface area contributed by atoms with Crippen molar-refractivity contribution in [2.24, 2.45) is 4.99 Å². The maximum atomic E-state index is 12.3. The third kappa shape index (κ3) is 4.15. The molecule has 3 rings (SSSR count). The van der Waals surface area contributed by atoms with Crippen LogP contribution in [0.25, 0.3) is 6.08 Å². The lowest BCUT2D eigenvalue weighted by atomic mass is 10.1. The molecule has 0 aliphatic carbocycles. The zero-order valence-electron chi connectivity index (χ0n) is 15.5. The first kappa shape index (κ1) is 19.4. The number of nitrogens with one attached hydrogen (secondary N) is 1. The van der Waals surface area contributed by atoms with Crippen LogP contribution in [0.1, 0.15) is 5.56 Å². The first-order chi connectivity index (χ1) is 13.4. The average molecular weight is 398 g/mol. The molecule has 2 aromatic carbocycles. The van der Waals surface area contributed by atoms with Gasteiger partial charge in [-0.25, -0.2) is 4.99 Å². The Morgan fingerprint density at radius 3 is 2.68 bits per heavy atom. The van der Waals surface area contributed by atoms with E-state index in [0.29, 0.717) is 32.8 Å². The highest BCUT2D eigenvalue weighted by atomic mass is 32.2. The lowest BCUT2D eigenvalue weighted by Gasteiger charge is -2.12. The molecular formula is C19H18N4O4S. The number of carbonyl (C=O) groups is 1. The van der Waals surface area contributed by atoms with Crippen LogP contribution in [0.4, 0.5) is 17.1 Å². The maximum absolute atomic E-state index is 12.3. The van der Waals surface area contributed by atoms with Crippen molar-refractivity contribution in [3.63, 3.8) is 0 Å². The van der Waals surface area contributed by atoms with Crippen molar-refractivity contribution in [2.75, 3.05) is 26.1 Å². The number of hydrogen-bond donors (Lipinski definition) is 1. The molecule has 28 heavy (non-hydrogen) atoms. The molecule has 0 unspecified atom stereocenters. The van der Waals surface area contributed by atoms with Crippen molar-refractivity contribution in [3.8, 4) is 5.75 Å². The molecule has 1 aliphatic heterocycles. The van der Waals surface area contributed by atoms with Gasteiger partial charge in [-0.3, -0.25) is 14.9 Å². The molecule has 2 aromatic rings. The van der Waals surface area contributed by atoms with Gasteiger partial charge in [0.25, 0.3) is 11.6 Å². The van der Waals surface area contributed by atoms with E-state index in [1.165, 1.54) is 17.8 Å². The van der Waals surface area contributed by atoms with E-state index in [2.05, 4.69) is 10.3 Å². The van der Waals surface area contributed by atoms with Gasteiger partial charge in [0, 0.05) is 20.2 Å². The summed E-state index contributed by atoms with van der Waals surface area (Å²) in [7, 11) is 5.03. The summed E-state index contributed by atoms with van der Waals surface area (Å²) in [5.41, 5.74) is 1.63. The van der Waals surface area contributed by atoms with Crippen molar-refractivity contribution in [1.82, 2.24) is 5.32 Å². The van der Waals surface area contributed by atoms with E-state index in [1.54, 1.807) is 56.4 Å². The molecule has 1 saturated heterocycles. The van der Waals surface area contributed by atoms with Crippen LogP contribution in [0.15, 0.2) is 52.4 Å². The van der Waals surface area contributed by atoms with E-state index in [9.17, 15) is 14.9 Å². The van der Waals surface area contributed by atoms with Crippen LogP contribution in [0.5, 0.6) is 5.75 Å². The first-order valence-corrected chi connectivity index (χ1v) is 9.09. The molecule has 0 aromatic heterocycles. The Balaban J connectivity index is 1.90. The predicted octanol–water partition coefficient (Wildman–Crippen LogP) is 3.56. The molecular weight excluding hydrogens is 380 g/mol. The number of rotatable bonds is 5. The molecule has 1 N–H and O–H groups in total. The number of anilines is 1. The smallest absolute Gasteiger partial charge is 0.293 e. The van der Waals surface area contributed by atoms with Gasteiger partial charge < -0.3 is 15.0 Å². The van der Waals surface area contributed by atoms with E-state index < -0.39 is 4.92 Å². The van der Waals surface area contributed by atoms with Gasteiger partial charge in [-0.1, -0.05) is 18.2 Å². The highest BCUT2D eigenvalue weighted by Crippen LogP contribution is 2.33. The van der Waals surface area contributed by atoms with Crippen LogP contribution < -0.4 is 15.0 Å². The summed E-state index contributed by atoms with van der Waals surface area (Å²) in [4.78, 5) is 29.7. The number of nitrogens with zero attached hydrogens (tertiary/aromatic N) is 3. The summed E-state index contributed by atoms with van der Waals surface area (Å²) >= 11 is 1.17. The molecule has 144 valence electrons.